The second-order valence-corrected chi connectivity index (χ2v) is 5.12. The van der Waals surface area contributed by atoms with Crippen molar-refractivity contribution in [3.05, 3.63) is 64.2 Å². The fourth-order valence-electron chi connectivity index (χ4n) is 2.46. The summed E-state index contributed by atoms with van der Waals surface area (Å²) in [6.45, 7) is 0. The number of fused-ring (bicyclic) bond motifs is 1. The van der Waals surface area contributed by atoms with E-state index in [4.69, 9.17) is 27.2 Å². The third-order valence-corrected chi connectivity index (χ3v) is 3.61. The van der Waals surface area contributed by atoms with Crippen LogP contribution in [0.15, 0.2) is 48.0 Å². The minimum Gasteiger partial charge on any atom is -0.508 e. The zero-order valence-corrected chi connectivity index (χ0v) is 11.6. The van der Waals surface area contributed by atoms with Crippen molar-refractivity contribution in [3.8, 4) is 11.5 Å². The van der Waals surface area contributed by atoms with Crippen LogP contribution in [0.5, 0.6) is 11.5 Å². The number of aromatic hydroxyl groups is 1. The van der Waals surface area contributed by atoms with Crippen molar-refractivity contribution in [2.45, 2.75) is 5.92 Å². The first-order valence-electron chi connectivity index (χ1n) is 6.25. The quantitative estimate of drug-likeness (QED) is 0.702. The fraction of sp³-hybridized carbons (Fsp3) is 0.0625. The molecule has 1 heterocycles. The lowest BCUT2D eigenvalue weighted by molar-refractivity contribution is 0.463. The van der Waals surface area contributed by atoms with Crippen LogP contribution < -0.4 is 4.74 Å². The number of rotatable bonds is 1. The minimum absolute atomic E-state index is 0.0636. The molecule has 4 nitrogen and oxygen atoms in total. The van der Waals surface area contributed by atoms with E-state index in [9.17, 15) is 5.11 Å². The zero-order valence-electron chi connectivity index (χ0n) is 10.9. The molecule has 3 N–H and O–H groups in total. The van der Waals surface area contributed by atoms with Gasteiger partial charge in [-0.25, -0.2) is 0 Å². The van der Waals surface area contributed by atoms with E-state index in [-0.39, 0.29) is 17.6 Å². The molecular weight excluding hydrogens is 288 g/mol. The summed E-state index contributed by atoms with van der Waals surface area (Å²) < 4.78 is 5.37. The number of halogens is 1. The van der Waals surface area contributed by atoms with Gasteiger partial charge < -0.3 is 9.84 Å². The van der Waals surface area contributed by atoms with Crippen molar-refractivity contribution in [1.82, 2.24) is 0 Å². The monoisotopic (exact) mass is 298 g/mol. The molecule has 2 aromatic rings. The van der Waals surface area contributed by atoms with E-state index >= 15 is 0 Å². The molecule has 5 heteroatoms. The summed E-state index contributed by atoms with van der Waals surface area (Å²) in [6, 6.07) is 12.0. The van der Waals surface area contributed by atoms with Gasteiger partial charge in [0.1, 0.15) is 11.5 Å². The van der Waals surface area contributed by atoms with Crippen molar-refractivity contribution in [1.29, 1.82) is 10.8 Å². The molecule has 21 heavy (non-hydrogen) atoms. The maximum absolute atomic E-state index is 9.57. The van der Waals surface area contributed by atoms with Gasteiger partial charge in [0.15, 0.2) is 0 Å². The molecule has 1 atom stereocenters. The van der Waals surface area contributed by atoms with Gasteiger partial charge in [-0.3, -0.25) is 10.8 Å². The highest BCUT2D eigenvalue weighted by atomic mass is 35.5. The molecule has 0 amide bonds. The number of hydrogen-bond donors (Lipinski definition) is 3. The van der Waals surface area contributed by atoms with E-state index in [0.717, 1.165) is 11.1 Å². The van der Waals surface area contributed by atoms with Gasteiger partial charge in [0.25, 0.3) is 0 Å². The molecule has 0 saturated heterocycles. The number of ether oxygens (including phenoxy) is 1. The van der Waals surface area contributed by atoms with Gasteiger partial charge in [0.2, 0.25) is 5.90 Å². The normalized spacial score (nSPS) is 16.9. The summed E-state index contributed by atoms with van der Waals surface area (Å²) in [6.07, 6.45) is 0. The molecule has 2 aromatic carbocycles. The van der Waals surface area contributed by atoms with Gasteiger partial charge in [-0.05, 0) is 29.6 Å². The van der Waals surface area contributed by atoms with Crippen molar-refractivity contribution < 1.29 is 9.84 Å². The highest BCUT2D eigenvalue weighted by Crippen LogP contribution is 2.42. The summed E-state index contributed by atoms with van der Waals surface area (Å²) in [5.74, 6) is 2.25. The van der Waals surface area contributed by atoms with Gasteiger partial charge in [0, 0.05) is 16.7 Å². The molecule has 1 unspecified atom stereocenters. The van der Waals surface area contributed by atoms with Crippen molar-refractivity contribution in [2.24, 2.45) is 0 Å². The van der Waals surface area contributed by atoms with Crippen LogP contribution in [0.4, 0.5) is 0 Å². The molecule has 0 fully saturated rings. The molecule has 1 aliphatic heterocycles. The predicted octanol–water partition coefficient (Wildman–Crippen LogP) is 3.72. The molecule has 0 spiro atoms. The number of phenols is 1. The van der Waals surface area contributed by atoms with Crippen LogP contribution in [0, 0.1) is 10.8 Å². The van der Waals surface area contributed by atoms with Gasteiger partial charge in [0.05, 0.1) is 11.5 Å². The molecular formula is C16H11ClN2O2. The molecule has 1 aliphatic rings. The third-order valence-electron chi connectivity index (χ3n) is 3.37. The number of benzene rings is 2. The zero-order chi connectivity index (χ0) is 15.0. The summed E-state index contributed by atoms with van der Waals surface area (Å²) in [5.41, 5.74) is 1.94. The van der Waals surface area contributed by atoms with Gasteiger partial charge in [-0.15, -0.1) is 0 Å². The van der Waals surface area contributed by atoms with Gasteiger partial charge >= 0.3 is 0 Å². The Hall–Kier alpha value is -2.55. The Labute approximate surface area is 126 Å². The smallest absolute Gasteiger partial charge is 0.225 e. The summed E-state index contributed by atoms with van der Waals surface area (Å²) in [5, 5.41) is 25.5. The highest BCUT2D eigenvalue weighted by Gasteiger charge is 2.32. The molecule has 3 rings (SSSR count). The Morgan fingerprint density at radius 3 is 2.71 bits per heavy atom. The van der Waals surface area contributed by atoms with Crippen LogP contribution >= 0.6 is 11.6 Å². The van der Waals surface area contributed by atoms with E-state index in [1.165, 1.54) is 6.07 Å². The second kappa shape index (κ2) is 5.09. The van der Waals surface area contributed by atoms with E-state index in [2.05, 4.69) is 5.87 Å². The number of hydrogen-bond acceptors (Lipinski definition) is 4. The molecule has 0 bridgehead atoms. The first-order chi connectivity index (χ1) is 10.1. The van der Waals surface area contributed by atoms with Crippen LogP contribution in [-0.2, 0) is 0 Å². The van der Waals surface area contributed by atoms with E-state index < -0.39 is 0 Å². The second-order valence-electron chi connectivity index (χ2n) is 4.68. The summed E-state index contributed by atoms with van der Waals surface area (Å²) >= 11 is 6.04. The molecule has 0 saturated carbocycles. The van der Waals surface area contributed by atoms with E-state index in [1.807, 2.05) is 12.1 Å². The van der Waals surface area contributed by atoms with E-state index in [0.29, 0.717) is 16.3 Å². The fourth-order valence-corrected chi connectivity index (χ4v) is 2.66. The SMILES string of the molecule is N=C=C1C(=N)Oc2cc(O)ccc2C1c1cccc(Cl)c1. The Morgan fingerprint density at radius 1 is 1.19 bits per heavy atom. The lowest BCUT2D eigenvalue weighted by Gasteiger charge is -2.27. The summed E-state index contributed by atoms with van der Waals surface area (Å²) in [7, 11) is 0. The van der Waals surface area contributed by atoms with E-state index in [1.54, 1.807) is 24.3 Å². The predicted molar refractivity (Wildman–Crippen MR) is 81.0 cm³/mol. The maximum atomic E-state index is 9.57. The molecule has 0 radical (unpaired) electrons. The molecule has 0 aromatic heterocycles. The van der Waals surface area contributed by atoms with Crippen molar-refractivity contribution in [3.63, 3.8) is 0 Å². The Morgan fingerprint density at radius 2 is 2.00 bits per heavy atom. The lowest BCUT2D eigenvalue weighted by Crippen LogP contribution is -2.24. The first kappa shape index (κ1) is 13.4. The Kier molecular flexibility index (Phi) is 3.26. The van der Waals surface area contributed by atoms with Gasteiger partial charge in [-0.2, -0.15) is 0 Å². The largest absolute Gasteiger partial charge is 0.508 e. The van der Waals surface area contributed by atoms with Crippen molar-refractivity contribution >= 4 is 23.4 Å². The number of phenolic OH excluding ortho intramolecular Hbond substituents is 1. The average Bonchev–Trinajstić information content (AvgIpc) is 2.45. The van der Waals surface area contributed by atoms with Crippen LogP contribution in [0.2, 0.25) is 5.02 Å². The van der Waals surface area contributed by atoms with Crippen LogP contribution in [0.1, 0.15) is 17.0 Å². The minimum atomic E-state index is -0.363. The Bertz CT molecular complexity index is 795. The third kappa shape index (κ3) is 2.31. The van der Waals surface area contributed by atoms with Crippen LogP contribution in [0.25, 0.3) is 0 Å². The molecule has 104 valence electrons. The topological polar surface area (TPSA) is 77.2 Å². The summed E-state index contributed by atoms with van der Waals surface area (Å²) in [4.78, 5) is 0. The highest BCUT2D eigenvalue weighted by molar-refractivity contribution is 6.30. The maximum Gasteiger partial charge on any atom is 0.225 e. The first-order valence-corrected chi connectivity index (χ1v) is 6.62. The van der Waals surface area contributed by atoms with Gasteiger partial charge in [-0.1, -0.05) is 29.8 Å². The average molecular weight is 299 g/mol. The van der Waals surface area contributed by atoms with Crippen LogP contribution in [0.3, 0.4) is 0 Å². The number of nitrogens with one attached hydrogen (secondary N) is 2. The lowest BCUT2D eigenvalue weighted by atomic mass is 9.83. The van der Waals surface area contributed by atoms with Crippen molar-refractivity contribution in [2.75, 3.05) is 0 Å². The van der Waals surface area contributed by atoms with Crippen LogP contribution in [-0.4, -0.2) is 16.9 Å². The molecule has 0 aliphatic carbocycles. The Balaban J connectivity index is 2.25. The standard InChI is InChI=1S/C16H11ClN2O2/c17-10-3-1-2-9(6-10)15-12-5-4-11(20)7-14(12)21-16(19)13(15)8-18/h1-7,15,18-20H.